The van der Waals surface area contributed by atoms with E-state index in [4.69, 9.17) is 5.11 Å². The van der Waals surface area contributed by atoms with Crippen molar-refractivity contribution in [2.24, 2.45) is 5.92 Å². The highest BCUT2D eigenvalue weighted by atomic mass is 16.6. The van der Waals surface area contributed by atoms with Gasteiger partial charge in [0, 0.05) is 36.5 Å². The molecule has 2 aromatic rings. The van der Waals surface area contributed by atoms with E-state index in [1.165, 1.54) is 12.1 Å². The summed E-state index contributed by atoms with van der Waals surface area (Å²) in [7, 11) is 0. The van der Waals surface area contributed by atoms with Crippen LogP contribution in [0.15, 0.2) is 30.3 Å². The molecule has 21 heavy (non-hydrogen) atoms. The Hall–Kier alpha value is -2.70. The van der Waals surface area contributed by atoms with Crippen LogP contribution < -0.4 is 4.90 Å². The zero-order chi connectivity index (χ0) is 15.0. The Morgan fingerprint density at radius 3 is 2.81 bits per heavy atom. The number of carboxylic acid groups (broad SMARTS) is 1. The number of nitro groups is 1. The summed E-state index contributed by atoms with van der Waals surface area (Å²) in [5, 5.41) is 20.2. The number of carboxylic acids is 1. The summed E-state index contributed by atoms with van der Waals surface area (Å²) in [5.41, 5.74) is 0.738. The number of fused-ring (bicyclic) bond motifs is 1. The summed E-state index contributed by atoms with van der Waals surface area (Å²) < 4.78 is 0. The zero-order valence-corrected chi connectivity index (χ0v) is 11.1. The monoisotopic (exact) mass is 287 g/mol. The molecule has 3 rings (SSSR count). The Balaban J connectivity index is 1.78. The van der Waals surface area contributed by atoms with Crippen molar-refractivity contribution in [3.63, 3.8) is 0 Å². The Kier molecular flexibility index (Phi) is 3.17. The number of hydrogen-bond acceptors (Lipinski definition) is 5. The maximum atomic E-state index is 10.7. The van der Waals surface area contributed by atoms with E-state index in [1.54, 1.807) is 12.1 Å². The van der Waals surface area contributed by atoms with Crippen LogP contribution in [0.5, 0.6) is 0 Å². The zero-order valence-electron chi connectivity index (χ0n) is 11.1. The van der Waals surface area contributed by atoms with Crippen molar-refractivity contribution in [1.29, 1.82) is 0 Å². The van der Waals surface area contributed by atoms with E-state index in [0.29, 0.717) is 18.6 Å². The summed E-state index contributed by atoms with van der Waals surface area (Å²) in [6.45, 7) is 1.36. The first-order valence-corrected chi connectivity index (χ1v) is 6.55. The quantitative estimate of drug-likeness (QED) is 0.683. The van der Waals surface area contributed by atoms with Gasteiger partial charge in [-0.25, -0.2) is 4.98 Å². The molecule has 108 valence electrons. The molecule has 1 saturated heterocycles. The second-order valence-corrected chi connectivity index (χ2v) is 5.17. The van der Waals surface area contributed by atoms with E-state index in [9.17, 15) is 14.9 Å². The van der Waals surface area contributed by atoms with Gasteiger partial charge in [-0.3, -0.25) is 14.9 Å². The van der Waals surface area contributed by atoms with Gasteiger partial charge in [0.1, 0.15) is 5.82 Å². The molecule has 0 saturated carbocycles. The molecule has 0 unspecified atom stereocenters. The standard InChI is InChI=1S/C14H13N3O4/c18-14(19)5-9-7-16(8-9)13-4-1-10-6-11(17(20)21)2-3-12(10)15-13/h1-4,6,9H,5,7-8H2,(H,18,19). The SMILES string of the molecule is O=C(O)CC1CN(c2ccc3cc([N+](=O)[O-])ccc3n2)C1. The van der Waals surface area contributed by atoms with Crippen LogP contribution in [0.2, 0.25) is 0 Å². The molecule has 0 radical (unpaired) electrons. The summed E-state index contributed by atoms with van der Waals surface area (Å²) in [4.78, 5) is 27.4. The van der Waals surface area contributed by atoms with Gasteiger partial charge < -0.3 is 10.0 Å². The van der Waals surface area contributed by atoms with Crippen LogP contribution in [0.4, 0.5) is 11.5 Å². The maximum Gasteiger partial charge on any atom is 0.303 e. The highest BCUT2D eigenvalue weighted by Crippen LogP contribution is 2.28. The van der Waals surface area contributed by atoms with E-state index < -0.39 is 10.9 Å². The normalized spacial score (nSPS) is 15.0. The number of aromatic nitrogens is 1. The molecular formula is C14H13N3O4. The van der Waals surface area contributed by atoms with Crippen LogP contribution in [-0.4, -0.2) is 34.1 Å². The van der Waals surface area contributed by atoms with E-state index in [1.807, 2.05) is 11.0 Å². The van der Waals surface area contributed by atoms with Crippen LogP contribution >= 0.6 is 0 Å². The molecule has 7 nitrogen and oxygen atoms in total. The fourth-order valence-corrected chi connectivity index (χ4v) is 2.52. The van der Waals surface area contributed by atoms with Gasteiger partial charge in [-0.2, -0.15) is 0 Å². The third-order valence-corrected chi connectivity index (χ3v) is 3.61. The van der Waals surface area contributed by atoms with Crippen molar-refractivity contribution < 1.29 is 14.8 Å². The predicted octanol–water partition coefficient (Wildman–Crippen LogP) is 2.05. The van der Waals surface area contributed by atoms with Gasteiger partial charge in [0.2, 0.25) is 0 Å². The maximum absolute atomic E-state index is 10.7. The van der Waals surface area contributed by atoms with Gasteiger partial charge in [-0.05, 0) is 18.2 Å². The average Bonchev–Trinajstić information content (AvgIpc) is 2.41. The molecule has 0 aliphatic carbocycles. The minimum Gasteiger partial charge on any atom is -0.481 e. The van der Waals surface area contributed by atoms with Gasteiger partial charge in [0.25, 0.3) is 5.69 Å². The first-order valence-electron chi connectivity index (χ1n) is 6.55. The fourth-order valence-electron chi connectivity index (χ4n) is 2.52. The molecule has 1 fully saturated rings. The van der Waals surface area contributed by atoms with Crippen LogP contribution in [-0.2, 0) is 4.79 Å². The lowest BCUT2D eigenvalue weighted by Crippen LogP contribution is -2.47. The van der Waals surface area contributed by atoms with Crippen LogP contribution in [0.1, 0.15) is 6.42 Å². The third-order valence-electron chi connectivity index (χ3n) is 3.61. The van der Waals surface area contributed by atoms with Crippen molar-refractivity contribution in [2.75, 3.05) is 18.0 Å². The summed E-state index contributed by atoms with van der Waals surface area (Å²) in [6.07, 6.45) is 0.177. The van der Waals surface area contributed by atoms with Crippen molar-refractivity contribution >= 4 is 28.4 Å². The third kappa shape index (κ3) is 2.62. The molecule has 0 spiro atoms. The number of nitro benzene ring substituents is 1. The molecular weight excluding hydrogens is 274 g/mol. The fraction of sp³-hybridized carbons (Fsp3) is 0.286. The second-order valence-electron chi connectivity index (χ2n) is 5.17. The summed E-state index contributed by atoms with van der Waals surface area (Å²) >= 11 is 0. The number of anilines is 1. The first-order chi connectivity index (χ1) is 10.0. The number of benzene rings is 1. The van der Waals surface area contributed by atoms with E-state index in [0.717, 1.165) is 11.2 Å². The molecule has 0 bridgehead atoms. The van der Waals surface area contributed by atoms with Gasteiger partial charge >= 0.3 is 5.97 Å². The van der Waals surface area contributed by atoms with Crippen molar-refractivity contribution in [3.05, 3.63) is 40.4 Å². The van der Waals surface area contributed by atoms with Crippen molar-refractivity contribution in [1.82, 2.24) is 4.98 Å². The molecule has 1 aromatic carbocycles. The average molecular weight is 287 g/mol. The summed E-state index contributed by atoms with van der Waals surface area (Å²) in [6, 6.07) is 8.17. The molecule has 2 heterocycles. The largest absolute Gasteiger partial charge is 0.481 e. The topological polar surface area (TPSA) is 96.6 Å². The van der Waals surface area contributed by atoms with E-state index in [-0.39, 0.29) is 18.0 Å². The molecule has 1 aliphatic heterocycles. The van der Waals surface area contributed by atoms with Gasteiger partial charge in [0.05, 0.1) is 16.9 Å². The number of nitrogens with zero attached hydrogens (tertiary/aromatic N) is 3. The molecule has 1 aliphatic rings. The van der Waals surface area contributed by atoms with E-state index in [2.05, 4.69) is 4.98 Å². The number of non-ortho nitro benzene ring substituents is 1. The van der Waals surface area contributed by atoms with E-state index >= 15 is 0 Å². The molecule has 1 N–H and O–H groups in total. The Morgan fingerprint density at radius 2 is 2.14 bits per heavy atom. The van der Waals surface area contributed by atoms with Crippen LogP contribution in [0, 0.1) is 16.0 Å². The van der Waals surface area contributed by atoms with Gasteiger partial charge in [-0.15, -0.1) is 0 Å². The minimum absolute atomic E-state index is 0.0440. The summed E-state index contributed by atoms with van der Waals surface area (Å²) in [5.74, 6) is 0.160. The lowest BCUT2D eigenvalue weighted by atomic mass is 9.96. The van der Waals surface area contributed by atoms with Crippen molar-refractivity contribution in [3.8, 4) is 0 Å². The Labute approximate surface area is 120 Å². The second kappa shape index (κ2) is 5.01. The highest BCUT2D eigenvalue weighted by Gasteiger charge is 2.29. The Bertz CT molecular complexity index is 725. The minimum atomic E-state index is -0.779. The number of aliphatic carboxylic acids is 1. The first kappa shape index (κ1) is 13.3. The van der Waals surface area contributed by atoms with Crippen molar-refractivity contribution in [2.45, 2.75) is 6.42 Å². The van der Waals surface area contributed by atoms with Gasteiger partial charge in [-0.1, -0.05) is 0 Å². The molecule has 7 heteroatoms. The van der Waals surface area contributed by atoms with Gasteiger partial charge in [0.15, 0.2) is 0 Å². The smallest absolute Gasteiger partial charge is 0.303 e. The number of carbonyl (C=O) groups is 1. The Morgan fingerprint density at radius 1 is 1.38 bits per heavy atom. The predicted molar refractivity (Wildman–Crippen MR) is 76.4 cm³/mol. The van der Waals surface area contributed by atoms with Crippen LogP contribution in [0.3, 0.4) is 0 Å². The number of pyridine rings is 1. The number of rotatable bonds is 4. The molecule has 0 amide bonds. The lowest BCUT2D eigenvalue weighted by Gasteiger charge is -2.39. The van der Waals surface area contributed by atoms with Crippen LogP contribution in [0.25, 0.3) is 10.9 Å². The number of hydrogen-bond donors (Lipinski definition) is 1. The highest BCUT2D eigenvalue weighted by molar-refractivity contribution is 5.82. The molecule has 0 atom stereocenters. The molecule has 1 aromatic heterocycles. The lowest BCUT2D eigenvalue weighted by molar-refractivity contribution is -0.384.